The first-order chi connectivity index (χ1) is 8.85. The fourth-order valence-electron chi connectivity index (χ4n) is 2.52. The average Bonchev–Trinajstić information content (AvgIpc) is 2.45. The van der Waals surface area contributed by atoms with Crippen LogP contribution in [0.1, 0.15) is 6.42 Å². The number of nitrogens with one attached hydrogen (secondary N) is 1. The van der Waals surface area contributed by atoms with E-state index in [1.807, 2.05) is 12.1 Å². The number of hydrogen-bond donors (Lipinski definition) is 1. The summed E-state index contributed by atoms with van der Waals surface area (Å²) in [5.74, 6) is 1.75. The molecule has 1 heterocycles. The second-order valence-corrected chi connectivity index (χ2v) is 5.08. The fourth-order valence-corrected chi connectivity index (χ4v) is 2.66. The van der Waals surface area contributed by atoms with Crippen molar-refractivity contribution in [2.45, 2.75) is 6.42 Å². The van der Waals surface area contributed by atoms with Crippen LogP contribution in [0.25, 0.3) is 0 Å². The summed E-state index contributed by atoms with van der Waals surface area (Å²) in [7, 11) is 1.74. The van der Waals surface area contributed by atoms with Crippen molar-refractivity contribution in [3.63, 3.8) is 0 Å². The van der Waals surface area contributed by atoms with Crippen LogP contribution < -0.4 is 14.5 Å². The number of ether oxygens (including phenoxy) is 1. The number of hydrogen-bond acceptors (Lipinski definition) is 2. The van der Waals surface area contributed by atoms with Crippen molar-refractivity contribution in [2.75, 3.05) is 50.6 Å². The highest BCUT2D eigenvalue weighted by molar-refractivity contribution is 6.17. The van der Waals surface area contributed by atoms with Gasteiger partial charge < -0.3 is 14.5 Å². The maximum atomic E-state index is 5.74. The number of quaternary nitrogens is 1. The molecule has 0 aliphatic carbocycles. The number of nitrogens with zero attached hydrogens (tertiary/aromatic N) is 1. The lowest BCUT2D eigenvalue weighted by Crippen LogP contribution is -3.14. The average molecular weight is 270 g/mol. The number of rotatable bonds is 5. The van der Waals surface area contributed by atoms with Gasteiger partial charge in [-0.3, -0.25) is 0 Å². The van der Waals surface area contributed by atoms with Crippen LogP contribution in [0.4, 0.5) is 5.69 Å². The van der Waals surface area contributed by atoms with Crippen molar-refractivity contribution >= 4 is 17.3 Å². The molecule has 0 radical (unpaired) electrons. The lowest BCUT2D eigenvalue weighted by Gasteiger charge is -2.34. The Morgan fingerprint density at radius 3 is 2.67 bits per heavy atom. The molecule has 100 valence electrons. The van der Waals surface area contributed by atoms with Crippen molar-refractivity contribution in [1.29, 1.82) is 0 Å². The number of benzene rings is 1. The third-order valence-electron chi connectivity index (χ3n) is 3.56. The first-order valence-electron chi connectivity index (χ1n) is 6.62. The smallest absolute Gasteiger partial charge is 0.142 e. The Labute approximate surface area is 114 Å². The Morgan fingerprint density at radius 1 is 1.28 bits per heavy atom. The maximum absolute atomic E-state index is 5.74. The second-order valence-electron chi connectivity index (χ2n) is 4.70. The molecule has 0 aromatic heterocycles. The highest BCUT2D eigenvalue weighted by atomic mass is 35.5. The summed E-state index contributed by atoms with van der Waals surface area (Å²) in [6.07, 6.45) is 1.12. The molecule has 0 bridgehead atoms. The summed E-state index contributed by atoms with van der Waals surface area (Å²) in [4.78, 5) is 4.09. The molecule has 0 saturated carbocycles. The molecule has 4 heteroatoms. The van der Waals surface area contributed by atoms with Gasteiger partial charge in [0.05, 0.1) is 45.5 Å². The van der Waals surface area contributed by atoms with Gasteiger partial charge in [0, 0.05) is 12.3 Å². The first-order valence-corrected chi connectivity index (χ1v) is 7.16. The molecule has 1 aromatic rings. The Balaban J connectivity index is 1.92. The van der Waals surface area contributed by atoms with E-state index in [1.54, 1.807) is 12.0 Å². The minimum absolute atomic E-state index is 0.778. The Bertz CT molecular complexity index is 365. The number of methoxy groups -OCH3 is 1. The molecule has 1 aliphatic heterocycles. The van der Waals surface area contributed by atoms with Crippen LogP contribution in [0, 0.1) is 0 Å². The summed E-state index contributed by atoms with van der Waals surface area (Å²) in [5, 5.41) is 0. The van der Waals surface area contributed by atoms with Gasteiger partial charge in [-0.05, 0) is 12.1 Å². The molecule has 0 unspecified atom stereocenters. The monoisotopic (exact) mass is 269 g/mol. The number of halogens is 1. The van der Waals surface area contributed by atoms with Crippen LogP contribution in [0.2, 0.25) is 0 Å². The van der Waals surface area contributed by atoms with Crippen molar-refractivity contribution in [1.82, 2.24) is 0 Å². The van der Waals surface area contributed by atoms with Crippen LogP contribution in [0.15, 0.2) is 24.3 Å². The van der Waals surface area contributed by atoms with Gasteiger partial charge in [0.15, 0.2) is 0 Å². The predicted molar refractivity (Wildman–Crippen MR) is 76.1 cm³/mol. The molecular weight excluding hydrogens is 248 g/mol. The number of piperazine rings is 1. The molecule has 2 rings (SSSR count). The van der Waals surface area contributed by atoms with Gasteiger partial charge in [0.2, 0.25) is 0 Å². The van der Waals surface area contributed by atoms with E-state index in [4.69, 9.17) is 16.3 Å². The Kier molecular flexibility index (Phi) is 5.14. The fraction of sp³-hybridized carbons (Fsp3) is 0.571. The van der Waals surface area contributed by atoms with Gasteiger partial charge >= 0.3 is 0 Å². The van der Waals surface area contributed by atoms with Gasteiger partial charge in [-0.2, -0.15) is 0 Å². The van der Waals surface area contributed by atoms with E-state index in [9.17, 15) is 0 Å². The minimum Gasteiger partial charge on any atom is -0.495 e. The zero-order valence-corrected chi connectivity index (χ0v) is 11.7. The lowest BCUT2D eigenvalue weighted by molar-refractivity contribution is -0.900. The minimum atomic E-state index is 0.778. The molecule has 0 amide bonds. The van der Waals surface area contributed by atoms with Crippen molar-refractivity contribution in [2.24, 2.45) is 0 Å². The molecule has 1 saturated heterocycles. The van der Waals surface area contributed by atoms with E-state index >= 15 is 0 Å². The quantitative estimate of drug-likeness (QED) is 0.805. The van der Waals surface area contributed by atoms with Crippen molar-refractivity contribution in [3.05, 3.63) is 24.3 Å². The van der Waals surface area contributed by atoms with Gasteiger partial charge in [-0.1, -0.05) is 12.1 Å². The summed E-state index contributed by atoms with van der Waals surface area (Å²) < 4.78 is 5.42. The van der Waals surface area contributed by atoms with E-state index in [1.165, 1.54) is 25.3 Å². The number of para-hydroxylation sites is 2. The number of alkyl halides is 1. The SMILES string of the molecule is COc1ccccc1N1CC[NH+](CCCCl)CC1. The normalized spacial score (nSPS) is 16.9. The van der Waals surface area contributed by atoms with E-state index in [2.05, 4.69) is 17.0 Å². The van der Waals surface area contributed by atoms with Gasteiger partial charge in [0.25, 0.3) is 0 Å². The highest BCUT2D eigenvalue weighted by Gasteiger charge is 2.21. The van der Waals surface area contributed by atoms with E-state index in [0.29, 0.717) is 0 Å². The molecule has 1 aliphatic rings. The molecule has 18 heavy (non-hydrogen) atoms. The van der Waals surface area contributed by atoms with E-state index in [-0.39, 0.29) is 0 Å². The Hall–Kier alpha value is -0.930. The van der Waals surface area contributed by atoms with Crippen LogP contribution in [0.3, 0.4) is 0 Å². The zero-order chi connectivity index (χ0) is 12.8. The van der Waals surface area contributed by atoms with Crippen LogP contribution in [0.5, 0.6) is 5.75 Å². The van der Waals surface area contributed by atoms with Crippen LogP contribution in [-0.2, 0) is 0 Å². The largest absolute Gasteiger partial charge is 0.495 e. The predicted octanol–water partition coefficient (Wildman–Crippen LogP) is 1.03. The summed E-state index contributed by atoms with van der Waals surface area (Å²) in [6.45, 7) is 5.77. The third kappa shape index (κ3) is 3.30. The molecule has 1 fully saturated rings. The van der Waals surface area contributed by atoms with Crippen LogP contribution >= 0.6 is 11.6 Å². The molecule has 1 N–H and O–H groups in total. The van der Waals surface area contributed by atoms with Gasteiger partial charge in [0.1, 0.15) is 5.75 Å². The lowest BCUT2D eigenvalue weighted by atomic mass is 10.2. The molecule has 0 spiro atoms. The molecule has 0 atom stereocenters. The van der Waals surface area contributed by atoms with E-state index in [0.717, 1.165) is 31.1 Å². The van der Waals surface area contributed by atoms with Gasteiger partial charge in [-0.25, -0.2) is 0 Å². The molecule has 3 nitrogen and oxygen atoms in total. The van der Waals surface area contributed by atoms with Gasteiger partial charge in [-0.15, -0.1) is 11.6 Å². The third-order valence-corrected chi connectivity index (χ3v) is 3.83. The molecule has 1 aromatic carbocycles. The zero-order valence-electron chi connectivity index (χ0n) is 11.0. The standard InChI is InChI=1S/C14H21ClN2O/c1-18-14-6-3-2-5-13(14)17-11-9-16(10-12-17)8-4-7-15/h2-3,5-6H,4,7-12H2,1H3/p+1. The molecular formula is C14H22ClN2O+. The van der Waals surface area contributed by atoms with E-state index < -0.39 is 0 Å². The topological polar surface area (TPSA) is 16.9 Å². The van der Waals surface area contributed by atoms with Crippen molar-refractivity contribution < 1.29 is 9.64 Å². The summed E-state index contributed by atoms with van der Waals surface area (Å²) >= 11 is 5.74. The van der Waals surface area contributed by atoms with Crippen molar-refractivity contribution in [3.8, 4) is 5.75 Å². The number of anilines is 1. The first kappa shape index (κ1) is 13.5. The second kappa shape index (κ2) is 6.86. The maximum Gasteiger partial charge on any atom is 0.142 e. The Morgan fingerprint density at radius 2 is 2.00 bits per heavy atom. The highest BCUT2D eigenvalue weighted by Crippen LogP contribution is 2.27. The van der Waals surface area contributed by atoms with Crippen LogP contribution in [-0.4, -0.2) is 45.7 Å². The summed E-state index contributed by atoms with van der Waals surface area (Å²) in [6, 6.07) is 8.26. The summed E-state index contributed by atoms with van der Waals surface area (Å²) in [5.41, 5.74) is 1.22.